The predicted molar refractivity (Wildman–Crippen MR) is 142 cm³/mol. The maximum atomic E-state index is 13.7. The molecule has 0 saturated heterocycles. The molecule has 1 N–H and O–H groups in total. The van der Waals surface area contributed by atoms with Crippen LogP contribution in [0.1, 0.15) is 38.2 Å². The number of para-hydroxylation sites is 2. The third-order valence-electron chi connectivity index (χ3n) is 6.24. The van der Waals surface area contributed by atoms with E-state index in [2.05, 4.69) is 5.32 Å². The Morgan fingerprint density at radius 2 is 1.78 bits per heavy atom. The van der Waals surface area contributed by atoms with E-state index in [9.17, 15) is 18.0 Å². The lowest BCUT2D eigenvalue weighted by Crippen LogP contribution is -2.52. The number of methoxy groups -OCH3 is 1. The van der Waals surface area contributed by atoms with Gasteiger partial charge in [0.25, 0.3) is 0 Å². The van der Waals surface area contributed by atoms with Crippen LogP contribution in [-0.2, 0) is 26.2 Å². The second kappa shape index (κ2) is 12.2. The Hall–Kier alpha value is -2.49. The molecule has 0 bridgehead atoms. The van der Waals surface area contributed by atoms with Gasteiger partial charge < -0.3 is 15.0 Å². The first-order valence-corrected chi connectivity index (χ1v) is 14.3. The van der Waals surface area contributed by atoms with Gasteiger partial charge >= 0.3 is 0 Å². The number of hydrogen-bond acceptors (Lipinski definition) is 5. The number of carbonyl (C=O) groups excluding carboxylic acids is 2. The molecule has 2 aromatic carbocycles. The van der Waals surface area contributed by atoms with Crippen molar-refractivity contribution < 1.29 is 22.7 Å². The van der Waals surface area contributed by atoms with Crippen LogP contribution in [0.2, 0.25) is 10.0 Å². The van der Waals surface area contributed by atoms with E-state index in [4.69, 9.17) is 27.9 Å². The van der Waals surface area contributed by atoms with Crippen molar-refractivity contribution >= 4 is 50.7 Å². The number of amides is 2. The molecule has 1 unspecified atom stereocenters. The third-order valence-corrected chi connectivity index (χ3v) is 8.10. The number of sulfonamides is 1. The van der Waals surface area contributed by atoms with Crippen LogP contribution in [0.4, 0.5) is 5.69 Å². The molecule has 196 valence electrons. The molecule has 36 heavy (non-hydrogen) atoms. The SMILES string of the molecule is COc1ccccc1N(CC(=O)N(Cc1ccc(Cl)c(Cl)c1)C(C)C(=O)NC1CCCC1)S(C)(=O)=O. The Balaban J connectivity index is 1.92. The number of nitrogens with one attached hydrogen (secondary N) is 1. The number of anilines is 1. The lowest BCUT2D eigenvalue weighted by molar-refractivity contribution is -0.139. The smallest absolute Gasteiger partial charge is 0.244 e. The fourth-order valence-corrected chi connectivity index (χ4v) is 5.41. The molecule has 11 heteroatoms. The molecule has 1 aliphatic carbocycles. The van der Waals surface area contributed by atoms with Gasteiger partial charge in [-0.1, -0.05) is 54.2 Å². The summed E-state index contributed by atoms with van der Waals surface area (Å²) >= 11 is 12.2. The van der Waals surface area contributed by atoms with Crippen LogP contribution in [0.3, 0.4) is 0 Å². The first-order chi connectivity index (χ1) is 17.0. The van der Waals surface area contributed by atoms with Gasteiger partial charge in [0.15, 0.2) is 0 Å². The third kappa shape index (κ3) is 7.05. The van der Waals surface area contributed by atoms with Gasteiger partial charge in [-0.15, -0.1) is 0 Å². The van der Waals surface area contributed by atoms with Crippen LogP contribution in [0.5, 0.6) is 5.75 Å². The molecule has 1 atom stereocenters. The highest BCUT2D eigenvalue weighted by atomic mass is 35.5. The van der Waals surface area contributed by atoms with Gasteiger partial charge in [0, 0.05) is 12.6 Å². The molecular weight excluding hydrogens is 525 g/mol. The topological polar surface area (TPSA) is 96.0 Å². The lowest BCUT2D eigenvalue weighted by Gasteiger charge is -2.32. The molecule has 1 aliphatic rings. The average Bonchev–Trinajstić information content (AvgIpc) is 3.35. The van der Waals surface area contributed by atoms with E-state index in [1.54, 1.807) is 49.4 Å². The zero-order valence-corrected chi connectivity index (χ0v) is 22.9. The lowest BCUT2D eigenvalue weighted by atomic mass is 10.1. The van der Waals surface area contributed by atoms with E-state index in [0.29, 0.717) is 21.4 Å². The number of nitrogens with zero attached hydrogens (tertiary/aromatic N) is 2. The van der Waals surface area contributed by atoms with E-state index >= 15 is 0 Å². The Labute approximate surface area is 222 Å². The minimum atomic E-state index is -3.86. The van der Waals surface area contributed by atoms with E-state index in [1.165, 1.54) is 12.0 Å². The van der Waals surface area contributed by atoms with Crippen molar-refractivity contribution in [1.29, 1.82) is 0 Å². The summed E-state index contributed by atoms with van der Waals surface area (Å²) < 4.78 is 31.7. The molecule has 0 heterocycles. The average molecular weight is 557 g/mol. The Morgan fingerprint density at radius 3 is 2.39 bits per heavy atom. The first kappa shape index (κ1) is 28.1. The second-order valence-corrected chi connectivity index (χ2v) is 11.6. The summed E-state index contributed by atoms with van der Waals surface area (Å²) in [4.78, 5) is 28.1. The van der Waals surface area contributed by atoms with Crippen molar-refractivity contribution in [3.63, 3.8) is 0 Å². The zero-order valence-electron chi connectivity index (χ0n) is 20.5. The van der Waals surface area contributed by atoms with E-state index in [0.717, 1.165) is 36.2 Å². The summed E-state index contributed by atoms with van der Waals surface area (Å²) in [5.74, 6) is -0.538. The summed E-state index contributed by atoms with van der Waals surface area (Å²) in [7, 11) is -2.44. The summed E-state index contributed by atoms with van der Waals surface area (Å²) in [6.07, 6.45) is 4.91. The highest BCUT2D eigenvalue weighted by Gasteiger charge is 2.32. The first-order valence-electron chi connectivity index (χ1n) is 11.7. The van der Waals surface area contributed by atoms with Crippen LogP contribution >= 0.6 is 23.2 Å². The highest BCUT2D eigenvalue weighted by molar-refractivity contribution is 7.92. The molecule has 0 aromatic heterocycles. The van der Waals surface area contributed by atoms with Gasteiger partial charge in [0.2, 0.25) is 21.8 Å². The molecule has 2 aromatic rings. The van der Waals surface area contributed by atoms with Gasteiger partial charge in [-0.05, 0) is 49.6 Å². The monoisotopic (exact) mass is 555 g/mol. The van der Waals surface area contributed by atoms with Crippen LogP contribution in [0.25, 0.3) is 0 Å². The fraction of sp³-hybridized carbons (Fsp3) is 0.440. The van der Waals surface area contributed by atoms with E-state index in [-0.39, 0.29) is 24.2 Å². The summed E-state index contributed by atoms with van der Waals surface area (Å²) in [5, 5.41) is 3.70. The number of carbonyl (C=O) groups is 2. The van der Waals surface area contributed by atoms with Crippen LogP contribution in [0.15, 0.2) is 42.5 Å². The van der Waals surface area contributed by atoms with Gasteiger partial charge in [-0.3, -0.25) is 13.9 Å². The predicted octanol–water partition coefficient (Wildman–Crippen LogP) is 4.24. The van der Waals surface area contributed by atoms with Gasteiger partial charge in [-0.25, -0.2) is 8.42 Å². The Bertz CT molecular complexity index is 1200. The fourth-order valence-electron chi connectivity index (χ4n) is 4.24. The standard InChI is InChI=1S/C25H31Cl2N3O5S/c1-17(25(32)28-19-8-4-5-9-19)29(15-18-12-13-20(26)21(27)14-18)24(31)16-30(36(3,33)34)22-10-6-7-11-23(22)35-2/h6-7,10-14,17,19H,4-5,8-9,15-16H2,1-3H3,(H,28,32). The number of hydrogen-bond donors (Lipinski definition) is 1. The minimum absolute atomic E-state index is 0.0402. The second-order valence-electron chi connectivity index (χ2n) is 8.88. The van der Waals surface area contributed by atoms with Crippen LogP contribution in [-0.4, -0.2) is 57.1 Å². The normalized spacial score (nSPS) is 14.8. The molecule has 0 radical (unpaired) electrons. The maximum absolute atomic E-state index is 13.7. The van der Waals surface area contributed by atoms with Crippen LogP contribution in [0, 0.1) is 0 Å². The van der Waals surface area contributed by atoms with Crippen molar-refractivity contribution in [2.45, 2.75) is 51.2 Å². The Kier molecular flexibility index (Phi) is 9.49. The number of rotatable bonds is 10. The Morgan fingerprint density at radius 1 is 1.11 bits per heavy atom. The number of ether oxygens (including phenoxy) is 1. The number of halogens is 2. The van der Waals surface area contributed by atoms with Crippen molar-refractivity contribution in [2.75, 3.05) is 24.2 Å². The maximum Gasteiger partial charge on any atom is 0.244 e. The van der Waals surface area contributed by atoms with Crippen molar-refractivity contribution in [2.24, 2.45) is 0 Å². The minimum Gasteiger partial charge on any atom is -0.495 e. The summed E-state index contributed by atoms with van der Waals surface area (Å²) in [6.45, 7) is 1.16. The molecule has 8 nitrogen and oxygen atoms in total. The zero-order chi connectivity index (χ0) is 26.5. The number of benzene rings is 2. The van der Waals surface area contributed by atoms with Gasteiger partial charge in [0.1, 0.15) is 18.3 Å². The van der Waals surface area contributed by atoms with E-state index in [1.807, 2.05) is 0 Å². The molecule has 0 spiro atoms. The molecule has 1 fully saturated rings. The largest absolute Gasteiger partial charge is 0.495 e. The van der Waals surface area contributed by atoms with Gasteiger partial charge in [-0.2, -0.15) is 0 Å². The quantitative estimate of drug-likeness (QED) is 0.472. The van der Waals surface area contributed by atoms with Crippen molar-refractivity contribution in [1.82, 2.24) is 10.2 Å². The van der Waals surface area contributed by atoms with Gasteiger partial charge in [0.05, 0.1) is 29.1 Å². The highest BCUT2D eigenvalue weighted by Crippen LogP contribution is 2.30. The molecular formula is C25H31Cl2N3O5S. The van der Waals surface area contributed by atoms with Crippen molar-refractivity contribution in [3.05, 3.63) is 58.1 Å². The summed E-state index contributed by atoms with van der Waals surface area (Å²) in [6, 6.07) is 10.7. The molecule has 2 amide bonds. The molecule has 0 aliphatic heterocycles. The van der Waals surface area contributed by atoms with Crippen LogP contribution < -0.4 is 14.4 Å². The molecule has 1 saturated carbocycles. The van der Waals surface area contributed by atoms with E-state index < -0.39 is 28.5 Å². The summed E-state index contributed by atoms with van der Waals surface area (Å²) in [5.41, 5.74) is 0.884. The van der Waals surface area contributed by atoms with Crippen molar-refractivity contribution in [3.8, 4) is 5.75 Å². The molecule has 3 rings (SSSR count).